The van der Waals surface area contributed by atoms with Crippen LogP contribution in [0.25, 0.3) is 0 Å². The summed E-state index contributed by atoms with van der Waals surface area (Å²) in [5, 5.41) is 3.57. The zero-order valence-corrected chi connectivity index (χ0v) is 12.9. The first kappa shape index (κ1) is 15.7. The number of carbonyl (C=O) groups is 1. The summed E-state index contributed by atoms with van der Waals surface area (Å²) >= 11 is 0. The first-order chi connectivity index (χ1) is 9.72. The average molecular weight is 283 g/mol. The highest BCUT2D eigenvalue weighted by Crippen LogP contribution is 2.12. The number of ether oxygens (including phenoxy) is 1. The fourth-order valence-electron chi connectivity index (χ4n) is 3.13. The molecule has 5 nitrogen and oxygen atoms in total. The van der Waals surface area contributed by atoms with Gasteiger partial charge in [-0.15, -0.1) is 0 Å². The third kappa shape index (κ3) is 4.17. The molecule has 2 fully saturated rings. The Labute approximate surface area is 122 Å². The Morgan fingerprint density at radius 1 is 1.40 bits per heavy atom. The lowest BCUT2D eigenvalue weighted by Crippen LogP contribution is -2.53. The Kier molecular flexibility index (Phi) is 6.26. The van der Waals surface area contributed by atoms with E-state index in [1.807, 2.05) is 11.8 Å². The minimum absolute atomic E-state index is 0.0261. The predicted molar refractivity (Wildman–Crippen MR) is 79.7 cm³/mol. The molecule has 0 spiro atoms. The molecule has 0 bridgehead atoms. The second-order valence-corrected chi connectivity index (χ2v) is 5.85. The van der Waals surface area contributed by atoms with Crippen molar-refractivity contribution in [1.29, 1.82) is 0 Å². The molecule has 0 saturated carbocycles. The lowest BCUT2D eigenvalue weighted by Gasteiger charge is -2.36. The number of carbonyl (C=O) groups excluding carboxylic acids is 1. The van der Waals surface area contributed by atoms with Gasteiger partial charge in [0, 0.05) is 25.7 Å². The van der Waals surface area contributed by atoms with Crippen molar-refractivity contribution in [2.75, 3.05) is 45.9 Å². The van der Waals surface area contributed by atoms with Gasteiger partial charge in [0.1, 0.15) is 0 Å². The number of nitrogens with zero attached hydrogens (tertiary/aromatic N) is 2. The number of amides is 1. The monoisotopic (exact) mass is 283 g/mol. The topological polar surface area (TPSA) is 44.8 Å². The van der Waals surface area contributed by atoms with E-state index in [1.165, 1.54) is 19.3 Å². The molecule has 0 aromatic heterocycles. The van der Waals surface area contributed by atoms with Crippen molar-refractivity contribution >= 4 is 5.91 Å². The first-order valence-electron chi connectivity index (χ1n) is 8.06. The molecule has 116 valence electrons. The van der Waals surface area contributed by atoms with Crippen molar-refractivity contribution in [1.82, 2.24) is 15.1 Å². The van der Waals surface area contributed by atoms with Crippen LogP contribution in [0.5, 0.6) is 0 Å². The van der Waals surface area contributed by atoms with E-state index < -0.39 is 0 Å². The first-order valence-corrected chi connectivity index (χ1v) is 8.06. The minimum Gasteiger partial charge on any atom is -0.378 e. The number of likely N-dealkylation sites (N-methyl/N-ethyl adjacent to an activating group) is 1. The van der Waals surface area contributed by atoms with Crippen LogP contribution in [0.1, 0.15) is 33.1 Å². The summed E-state index contributed by atoms with van der Waals surface area (Å²) in [6.07, 6.45) is 3.82. The van der Waals surface area contributed by atoms with Gasteiger partial charge in [0.05, 0.1) is 19.3 Å². The van der Waals surface area contributed by atoms with E-state index in [4.69, 9.17) is 4.74 Å². The normalized spacial score (nSPS) is 25.8. The van der Waals surface area contributed by atoms with Crippen molar-refractivity contribution in [3.63, 3.8) is 0 Å². The predicted octanol–water partition coefficient (Wildman–Crippen LogP) is 0.698. The fourth-order valence-corrected chi connectivity index (χ4v) is 3.13. The second-order valence-electron chi connectivity index (χ2n) is 5.85. The molecule has 2 atom stereocenters. The summed E-state index contributed by atoms with van der Waals surface area (Å²) < 4.78 is 5.32. The average Bonchev–Trinajstić information content (AvgIpc) is 2.53. The molecule has 2 saturated heterocycles. The van der Waals surface area contributed by atoms with Crippen molar-refractivity contribution in [2.45, 2.75) is 45.2 Å². The van der Waals surface area contributed by atoms with Crippen LogP contribution in [0, 0.1) is 0 Å². The van der Waals surface area contributed by atoms with Crippen molar-refractivity contribution < 1.29 is 9.53 Å². The van der Waals surface area contributed by atoms with Gasteiger partial charge in [-0.3, -0.25) is 9.69 Å². The molecule has 2 rings (SSSR count). The highest BCUT2D eigenvalue weighted by atomic mass is 16.5. The van der Waals surface area contributed by atoms with Gasteiger partial charge in [-0.05, 0) is 32.9 Å². The molecular formula is C15H29N3O2. The molecule has 2 unspecified atom stereocenters. The number of morpholine rings is 1. The van der Waals surface area contributed by atoms with Crippen LogP contribution in [-0.4, -0.2) is 73.7 Å². The Hall–Kier alpha value is -0.650. The van der Waals surface area contributed by atoms with Crippen LogP contribution in [0.3, 0.4) is 0 Å². The van der Waals surface area contributed by atoms with E-state index in [9.17, 15) is 4.79 Å². The molecular weight excluding hydrogens is 254 g/mol. The fraction of sp³-hybridized carbons (Fsp3) is 0.933. The van der Waals surface area contributed by atoms with Gasteiger partial charge in [-0.1, -0.05) is 13.3 Å². The summed E-state index contributed by atoms with van der Waals surface area (Å²) in [5.74, 6) is 0.256. The molecule has 1 N–H and O–H groups in total. The molecule has 0 radical (unpaired) electrons. The van der Waals surface area contributed by atoms with Gasteiger partial charge < -0.3 is 15.0 Å². The van der Waals surface area contributed by atoms with Crippen molar-refractivity contribution in [3.05, 3.63) is 0 Å². The van der Waals surface area contributed by atoms with Gasteiger partial charge in [0.15, 0.2) is 0 Å². The van der Waals surface area contributed by atoms with E-state index in [0.29, 0.717) is 19.3 Å². The van der Waals surface area contributed by atoms with E-state index in [0.717, 1.165) is 32.7 Å². The highest BCUT2D eigenvalue weighted by molar-refractivity contribution is 5.81. The number of nitrogens with one attached hydrogen (secondary N) is 1. The highest BCUT2D eigenvalue weighted by Gasteiger charge is 2.28. The van der Waals surface area contributed by atoms with Crippen LogP contribution < -0.4 is 5.32 Å². The third-order valence-corrected chi connectivity index (χ3v) is 4.50. The van der Waals surface area contributed by atoms with Crippen LogP contribution in [0.15, 0.2) is 0 Å². The lowest BCUT2D eigenvalue weighted by molar-refractivity contribution is -0.140. The standard InChI is InChI=1S/C15H29N3O2/c1-3-17(12-14-6-4-5-7-16-14)13(2)15(19)18-8-10-20-11-9-18/h13-14,16H,3-12H2,1-2H3. The van der Waals surface area contributed by atoms with Gasteiger partial charge in [0.2, 0.25) is 5.91 Å². The van der Waals surface area contributed by atoms with Crippen LogP contribution in [0.4, 0.5) is 0 Å². The van der Waals surface area contributed by atoms with Gasteiger partial charge in [-0.25, -0.2) is 0 Å². The van der Waals surface area contributed by atoms with E-state index in [1.54, 1.807) is 0 Å². The minimum atomic E-state index is -0.0261. The summed E-state index contributed by atoms with van der Waals surface area (Å²) in [6, 6.07) is 0.519. The second kappa shape index (κ2) is 7.96. The Morgan fingerprint density at radius 2 is 2.15 bits per heavy atom. The van der Waals surface area contributed by atoms with E-state index in [2.05, 4.69) is 17.1 Å². The third-order valence-electron chi connectivity index (χ3n) is 4.50. The maximum Gasteiger partial charge on any atom is 0.239 e. The lowest BCUT2D eigenvalue weighted by atomic mass is 10.0. The summed E-state index contributed by atoms with van der Waals surface area (Å²) in [4.78, 5) is 16.8. The molecule has 0 aromatic rings. The molecule has 5 heteroatoms. The SMILES string of the molecule is CCN(CC1CCCCN1)C(C)C(=O)N1CCOCC1. The zero-order chi connectivity index (χ0) is 14.4. The number of piperidine rings is 1. The van der Waals surface area contributed by atoms with Gasteiger partial charge in [-0.2, -0.15) is 0 Å². The maximum atomic E-state index is 12.5. The number of hydrogen-bond acceptors (Lipinski definition) is 4. The molecule has 0 aliphatic carbocycles. The molecule has 2 aliphatic heterocycles. The van der Waals surface area contributed by atoms with Gasteiger partial charge >= 0.3 is 0 Å². The van der Waals surface area contributed by atoms with Crippen molar-refractivity contribution in [3.8, 4) is 0 Å². The largest absolute Gasteiger partial charge is 0.378 e. The molecule has 20 heavy (non-hydrogen) atoms. The Morgan fingerprint density at radius 3 is 2.75 bits per heavy atom. The Bertz CT molecular complexity index is 299. The van der Waals surface area contributed by atoms with Crippen LogP contribution in [0.2, 0.25) is 0 Å². The Balaban J connectivity index is 1.86. The van der Waals surface area contributed by atoms with Crippen LogP contribution >= 0.6 is 0 Å². The molecule has 0 aromatic carbocycles. The summed E-state index contributed by atoms with van der Waals surface area (Å²) in [6.45, 7) is 10.0. The summed E-state index contributed by atoms with van der Waals surface area (Å²) in [5.41, 5.74) is 0. The zero-order valence-electron chi connectivity index (χ0n) is 12.9. The molecule has 2 heterocycles. The van der Waals surface area contributed by atoms with E-state index >= 15 is 0 Å². The quantitative estimate of drug-likeness (QED) is 0.807. The number of rotatable bonds is 5. The summed E-state index contributed by atoms with van der Waals surface area (Å²) in [7, 11) is 0. The van der Waals surface area contributed by atoms with E-state index in [-0.39, 0.29) is 11.9 Å². The van der Waals surface area contributed by atoms with Gasteiger partial charge in [0.25, 0.3) is 0 Å². The maximum absolute atomic E-state index is 12.5. The van der Waals surface area contributed by atoms with Crippen LogP contribution in [-0.2, 0) is 9.53 Å². The molecule has 2 aliphatic rings. The van der Waals surface area contributed by atoms with Crippen molar-refractivity contribution in [2.24, 2.45) is 0 Å². The smallest absolute Gasteiger partial charge is 0.239 e. The molecule has 1 amide bonds. The number of hydrogen-bond donors (Lipinski definition) is 1.